The first kappa shape index (κ1) is 13.6. The van der Waals surface area contributed by atoms with Crippen molar-refractivity contribution in [1.29, 1.82) is 0 Å². The zero-order valence-electron chi connectivity index (χ0n) is 9.20. The van der Waals surface area contributed by atoms with Gasteiger partial charge in [0, 0.05) is 11.4 Å². The first-order chi connectivity index (χ1) is 8.06. The first-order valence-corrected chi connectivity index (χ1v) is 5.54. The summed E-state index contributed by atoms with van der Waals surface area (Å²) in [5.74, 6) is 10.4. The van der Waals surface area contributed by atoms with Crippen LogP contribution in [-0.4, -0.2) is 10.2 Å². The lowest BCUT2D eigenvalue weighted by Gasteiger charge is -2.13. The van der Waals surface area contributed by atoms with E-state index in [2.05, 4.69) is 21.5 Å². The van der Waals surface area contributed by atoms with E-state index in [4.69, 9.17) is 36.1 Å². The first-order valence-electron chi connectivity index (χ1n) is 4.72. The summed E-state index contributed by atoms with van der Waals surface area (Å²) in [6.07, 6.45) is 0. The predicted molar refractivity (Wildman–Crippen MR) is 78.3 cm³/mol. The van der Waals surface area contributed by atoms with Gasteiger partial charge in [-0.2, -0.15) is 0 Å². The van der Waals surface area contributed by atoms with Gasteiger partial charge in [0.2, 0.25) is 0 Å². The lowest BCUT2D eigenvalue weighted by atomic mass is 10.2. The van der Waals surface area contributed by atoms with Gasteiger partial charge < -0.3 is 21.5 Å². The van der Waals surface area contributed by atoms with Gasteiger partial charge in [0.1, 0.15) is 0 Å². The Kier molecular flexibility index (Phi) is 5.04. The summed E-state index contributed by atoms with van der Waals surface area (Å²) in [4.78, 5) is 0. The van der Waals surface area contributed by atoms with E-state index < -0.39 is 0 Å². The summed E-state index contributed by atoms with van der Waals surface area (Å²) in [6, 6.07) is 5.65. The molecule has 1 aromatic carbocycles. The number of nitrogens with two attached hydrogens (primary N) is 2. The molecule has 0 aliphatic rings. The number of aryl methyl sites for hydroxylation is 1. The molecule has 8 heteroatoms. The van der Waals surface area contributed by atoms with E-state index in [1.54, 1.807) is 0 Å². The lowest BCUT2D eigenvalue weighted by Crippen LogP contribution is -2.35. The van der Waals surface area contributed by atoms with Crippen LogP contribution in [0.2, 0.25) is 0 Å². The molecule has 0 aliphatic carbocycles. The Balaban J connectivity index is 2.86. The molecular formula is C9H14N6S2. The fourth-order valence-electron chi connectivity index (χ4n) is 1.16. The van der Waals surface area contributed by atoms with Crippen LogP contribution in [0.25, 0.3) is 0 Å². The number of hydrogen-bond acceptors (Lipinski definition) is 4. The van der Waals surface area contributed by atoms with E-state index in [-0.39, 0.29) is 0 Å². The molecule has 0 spiro atoms. The Hall–Kier alpha value is -1.48. The summed E-state index contributed by atoms with van der Waals surface area (Å²) < 4.78 is 0. The van der Waals surface area contributed by atoms with E-state index in [1.165, 1.54) is 0 Å². The second kappa shape index (κ2) is 6.30. The van der Waals surface area contributed by atoms with Gasteiger partial charge in [0.15, 0.2) is 10.2 Å². The van der Waals surface area contributed by atoms with Gasteiger partial charge in [-0.15, -0.1) is 0 Å². The molecule has 0 aliphatic heterocycles. The largest absolute Gasteiger partial charge is 0.332 e. The third-order valence-corrected chi connectivity index (χ3v) is 2.45. The number of nitrogens with one attached hydrogen (secondary N) is 4. The summed E-state index contributed by atoms with van der Waals surface area (Å²) in [5, 5.41) is 6.53. The highest BCUT2D eigenvalue weighted by atomic mass is 32.1. The summed E-state index contributed by atoms with van der Waals surface area (Å²) in [5.41, 5.74) is 7.35. The SMILES string of the molecule is Cc1ccc(NC(=S)NN)cc1NC(=S)NN. The highest BCUT2D eigenvalue weighted by Crippen LogP contribution is 2.20. The van der Waals surface area contributed by atoms with Gasteiger partial charge in [0.25, 0.3) is 0 Å². The molecule has 0 amide bonds. The van der Waals surface area contributed by atoms with Gasteiger partial charge in [-0.25, -0.2) is 11.7 Å². The average molecular weight is 270 g/mol. The van der Waals surface area contributed by atoms with E-state index >= 15 is 0 Å². The van der Waals surface area contributed by atoms with Crippen LogP contribution < -0.4 is 33.2 Å². The molecule has 8 N–H and O–H groups in total. The molecule has 1 aromatic rings. The third kappa shape index (κ3) is 4.11. The zero-order chi connectivity index (χ0) is 12.8. The summed E-state index contributed by atoms with van der Waals surface area (Å²) in [6.45, 7) is 1.95. The van der Waals surface area contributed by atoms with Crippen LogP contribution in [0, 0.1) is 6.92 Å². The maximum absolute atomic E-state index is 5.19. The molecule has 0 heterocycles. The molecule has 0 fully saturated rings. The van der Waals surface area contributed by atoms with Crippen molar-refractivity contribution in [2.75, 3.05) is 10.6 Å². The second-order valence-electron chi connectivity index (χ2n) is 3.23. The zero-order valence-corrected chi connectivity index (χ0v) is 10.8. The predicted octanol–water partition coefficient (Wildman–Crippen LogP) is 0.315. The molecule has 17 heavy (non-hydrogen) atoms. The number of thiocarbonyl (C=S) groups is 2. The minimum atomic E-state index is 0.333. The minimum Gasteiger partial charge on any atom is -0.332 e. The third-order valence-electron chi connectivity index (χ3n) is 2.01. The average Bonchev–Trinajstić information content (AvgIpc) is 2.33. The van der Waals surface area contributed by atoms with Crippen LogP contribution in [0.3, 0.4) is 0 Å². The quantitative estimate of drug-likeness (QED) is 0.259. The molecule has 0 unspecified atom stereocenters. The molecule has 0 bridgehead atoms. The van der Waals surface area contributed by atoms with Gasteiger partial charge in [-0.1, -0.05) is 6.07 Å². The van der Waals surface area contributed by atoms with Gasteiger partial charge >= 0.3 is 0 Å². The van der Waals surface area contributed by atoms with Crippen molar-refractivity contribution in [2.45, 2.75) is 6.92 Å². The fourth-order valence-corrected chi connectivity index (χ4v) is 1.39. The Morgan fingerprint density at radius 1 is 1.06 bits per heavy atom. The number of anilines is 2. The Bertz CT molecular complexity index is 433. The maximum atomic E-state index is 5.19. The van der Waals surface area contributed by atoms with Crippen molar-refractivity contribution < 1.29 is 0 Å². The molecular weight excluding hydrogens is 256 g/mol. The van der Waals surface area contributed by atoms with E-state index in [1.807, 2.05) is 25.1 Å². The van der Waals surface area contributed by atoms with Gasteiger partial charge in [-0.05, 0) is 49.1 Å². The number of benzene rings is 1. The smallest absolute Gasteiger partial charge is 0.185 e. The highest BCUT2D eigenvalue weighted by molar-refractivity contribution is 7.80. The minimum absolute atomic E-state index is 0.333. The van der Waals surface area contributed by atoms with Crippen molar-refractivity contribution in [3.05, 3.63) is 23.8 Å². The second-order valence-corrected chi connectivity index (χ2v) is 4.04. The lowest BCUT2D eigenvalue weighted by molar-refractivity contribution is 1.04. The van der Waals surface area contributed by atoms with Crippen LogP contribution >= 0.6 is 24.4 Å². The Morgan fingerprint density at radius 2 is 1.65 bits per heavy atom. The van der Waals surface area contributed by atoms with Gasteiger partial charge in [-0.3, -0.25) is 0 Å². The highest BCUT2D eigenvalue weighted by Gasteiger charge is 2.03. The van der Waals surface area contributed by atoms with Crippen molar-refractivity contribution in [3.8, 4) is 0 Å². The molecule has 0 saturated carbocycles. The van der Waals surface area contributed by atoms with Crippen molar-refractivity contribution >= 4 is 46.0 Å². The molecule has 1 rings (SSSR count). The van der Waals surface area contributed by atoms with E-state index in [0.717, 1.165) is 16.9 Å². The monoisotopic (exact) mass is 270 g/mol. The number of rotatable bonds is 2. The van der Waals surface area contributed by atoms with Crippen LogP contribution in [0.1, 0.15) is 5.56 Å². The molecule has 6 nitrogen and oxygen atoms in total. The van der Waals surface area contributed by atoms with Crippen molar-refractivity contribution in [1.82, 2.24) is 10.9 Å². The van der Waals surface area contributed by atoms with Crippen molar-refractivity contribution in [3.63, 3.8) is 0 Å². The normalized spacial score (nSPS) is 9.35. The summed E-state index contributed by atoms with van der Waals surface area (Å²) >= 11 is 9.82. The van der Waals surface area contributed by atoms with E-state index in [9.17, 15) is 0 Å². The van der Waals surface area contributed by atoms with E-state index in [0.29, 0.717) is 10.2 Å². The fraction of sp³-hybridized carbons (Fsp3) is 0.111. The molecule has 0 atom stereocenters. The van der Waals surface area contributed by atoms with Crippen LogP contribution in [0.4, 0.5) is 11.4 Å². The Labute approximate surface area is 110 Å². The molecule has 0 saturated heterocycles. The molecule has 0 radical (unpaired) electrons. The summed E-state index contributed by atoms with van der Waals surface area (Å²) in [7, 11) is 0. The molecule has 0 aromatic heterocycles. The van der Waals surface area contributed by atoms with Crippen molar-refractivity contribution in [2.24, 2.45) is 11.7 Å². The van der Waals surface area contributed by atoms with Crippen LogP contribution in [-0.2, 0) is 0 Å². The molecule has 92 valence electrons. The maximum Gasteiger partial charge on any atom is 0.185 e. The Morgan fingerprint density at radius 3 is 2.24 bits per heavy atom. The number of hydrogen-bond donors (Lipinski definition) is 6. The topological polar surface area (TPSA) is 100 Å². The standard InChI is InChI=1S/C9H14N6S2/c1-5-2-3-6(12-8(16)14-10)4-7(5)13-9(17)15-11/h2-4H,10-11H2,1H3,(H2,12,14,16)(H2,13,15,17). The van der Waals surface area contributed by atoms with Crippen LogP contribution in [0.5, 0.6) is 0 Å². The van der Waals surface area contributed by atoms with Crippen LogP contribution in [0.15, 0.2) is 18.2 Å². The van der Waals surface area contributed by atoms with Gasteiger partial charge in [0.05, 0.1) is 0 Å². The number of hydrazine groups is 2.